The number of carbonyl (C=O) groups excluding carboxylic acids is 1. The van der Waals surface area contributed by atoms with Crippen LogP contribution in [0.5, 0.6) is 11.5 Å². The second kappa shape index (κ2) is 8.04. The van der Waals surface area contributed by atoms with E-state index >= 15 is 0 Å². The van der Waals surface area contributed by atoms with Gasteiger partial charge in [-0.25, -0.2) is 0 Å². The largest absolute Gasteiger partial charge is 0.497 e. The van der Waals surface area contributed by atoms with E-state index in [0.717, 1.165) is 5.56 Å². The molecular weight excluding hydrogens is 328 g/mol. The lowest BCUT2D eigenvalue weighted by Gasteiger charge is -2.12. The molecule has 0 aliphatic heterocycles. The van der Waals surface area contributed by atoms with Crippen molar-refractivity contribution in [3.05, 3.63) is 64.2 Å². The monoisotopic (exact) mass is 342 g/mol. The highest BCUT2D eigenvalue weighted by Crippen LogP contribution is 2.28. The van der Waals surface area contributed by atoms with Crippen LogP contribution < -0.4 is 15.2 Å². The normalized spacial score (nSPS) is 10.8. The number of nitrogens with zero attached hydrogens (tertiary/aromatic N) is 1. The molecule has 0 spiro atoms. The van der Waals surface area contributed by atoms with Gasteiger partial charge in [0, 0.05) is 22.2 Å². The van der Waals surface area contributed by atoms with Crippen molar-refractivity contribution in [2.45, 2.75) is 6.61 Å². The fourth-order valence-electron chi connectivity index (χ4n) is 1.97. The molecule has 2 rings (SSSR count). The first-order chi connectivity index (χ1) is 11.5. The maximum absolute atomic E-state index is 11.2. The molecule has 24 heavy (non-hydrogen) atoms. The summed E-state index contributed by atoms with van der Waals surface area (Å²) >= 11 is 6.12. The van der Waals surface area contributed by atoms with Crippen LogP contribution in [0, 0.1) is 11.3 Å². The Morgan fingerprint density at radius 2 is 2.08 bits per heavy atom. The molecule has 0 aliphatic rings. The summed E-state index contributed by atoms with van der Waals surface area (Å²) < 4.78 is 11.0. The smallest absolute Gasteiger partial charge is 0.259 e. The fourth-order valence-corrected chi connectivity index (χ4v) is 2.16. The van der Waals surface area contributed by atoms with E-state index in [2.05, 4.69) is 0 Å². The van der Waals surface area contributed by atoms with Crippen molar-refractivity contribution in [2.75, 3.05) is 7.11 Å². The van der Waals surface area contributed by atoms with Crippen molar-refractivity contribution in [3.8, 4) is 17.6 Å². The number of hydrogen-bond acceptors (Lipinski definition) is 4. The number of hydrogen-bond donors (Lipinski definition) is 1. The van der Waals surface area contributed by atoms with Gasteiger partial charge in [0.15, 0.2) is 0 Å². The molecule has 0 unspecified atom stereocenters. The van der Waals surface area contributed by atoms with Gasteiger partial charge in [0.2, 0.25) is 0 Å². The molecule has 0 aliphatic carbocycles. The van der Waals surface area contributed by atoms with Crippen LogP contribution in [0.4, 0.5) is 0 Å². The van der Waals surface area contributed by atoms with Crippen LogP contribution in [0.25, 0.3) is 6.08 Å². The Hall–Kier alpha value is -2.97. The minimum absolute atomic E-state index is 0.164. The zero-order valence-electron chi connectivity index (χ0n) is 13.0. The highest BCUT2D eigenvalue weighted by atomic mass is 35.5. The first-order valence-corrected chi connectivity index (χ1v) is 7.38. The Labute approximate surface area is 144 Å². The molecule has 0 fully saturated rings. The van der Waals surface area contributed by atoms with Crippen LogP contribution in [0.3, 0.4) is 0 Å². The Kier molecular flexibility index (Phi) is 5.83. The van der Waals surface area contributed by atoms with Crippen LogP contribution >= 0.6 is 11.6 Å². The summed E-state index contributed by atoms with van der Waals surface area (Å²) in [5.41, 5.74) is 6.36. The maximum Gasteiger partial charge on any atom is 0.259 e. The number of halogens is 1. The molecule has 0 aromatic heterocycles. The molecule has 0 saturated heterocycles. The minimum Gasteiger partial charge on any atom is -0.497 e. The van der Waals surface area contributed by atoms with E-state index in [1.165, 1.54) is 13.2 Å². The van der Waals surface area contributed by atoms with Gasteiger partial charge in [-0.2, -0.15) is 5.26 Å². The summed E-state index contributed by atoms with van der Waals surface area (Å²) in [4.78, 5) is 11.2. The summed E-state index contributed by atoms with van der Waals surface area (Å²) in [5.74, 6) is 0.229. The molecule has 0 bridgehead atoms. The van der Waals surface area contributed by atoms with Crippen LogP contribution in [-0.2, 0) is 11.4 Å². The lowest BCUT2D eigenvalue weighted by Crippen LogP contribution is -2.12. The molecule has 0 atom stereocenters. The predicted octanol–water partition coefficient (Wildman–Crippen LogP) is 3.32. The van der Waals surface area contributed by atoms with Gasteiger partial charge in [-0.3, -0.25) is 4.79 Å². The van der Waals surface area contributed by atoms with E-state index in [-0.39, 0.29) is 12.2 Å². The quantitative estimate of drug-likeness (QED) is 0.644. The maximum atomic E-state index is 11.2. The topological polar surface area (TPSA) is 85.3 Å². The van der Waals surface area contributed by atoms with Crippen molar-refractivity contribution in [1.29, 1.82) is 5.26 Å². The van der Waals surface area contributed by atoms with E-state index in [1.54, 1.807) is 30.3 Å². The molecule has 122 valence electrons. The third kappa shape index (κ3) is 4.28. The minimum atomic E-state index is -0.801. The first-order valence-electron chi connectivity index (χ1n) is 7.01. The van der Waals surface area contributed by atoms with E-state index in [0.29, 0.717) is 22.1 Å². The number of benzene rings is 2. The number of methoxy groups -OCH3 is 1. The Morgan fingerprint density at radius 3 is 2.71 bits per heavy atom. The zero-order valence-corrected chi connectivity index (χ0v) is 13.7. The van der Waals surface area contributed by atoms with Gasteiger partial charge in [-0.15, -0.1) is 0 Å². The second-order valence-electron chi connectivity index (χ2n) is 4.82. The molecule has 0 saturated carbocycles. The molecule has 5 nitrogen and oxygen atoms in total. The molecule has 2 N–H and O–H groups in total. The van der Waals surface area contributed by atoms with Crippen molar-refractivity contribution in [2.24, 2.45) is 5.73 Å². The molecular formula is C18H15ClN2O3. The number of nitriles is 1. The second-order valence-corrected chi connectivity index (χ2v) is 5.23. The summed E-state index contributed by atoms with van der Waals surface area (Å²) in [6, 6.07) is 14.1. The van der Waals surface area contributed by atoms with Gasteiger partial charge < -0.3 is 15.2 Å². The van der Waals surface area contributed by atoms with Crippen molar-refractivity contribution < 1.29 is 14.3 Å². The lowest BCUT2D eigenvalue weighted by molar-refractivity contribution is -0.114. The molecule has 1 amide bonds. The van der Waals surface area contributed by atoms with Crippen molar-refractivity contribution in [3.63, 3.8) is 0 Å². The third-order valence-corrected chi connectivity index (χ3v) is 3.62. The standard InChI is InChI=1S/C18H15ClN2O3/c1-23-15-7-6-12(8-14(10-20)18(21)22)17(9-15)24-11-13-4-2-3-5-16(13)19/h2-9H,11H2,1H3,(H2,21,22)/b14-8+. The highest BCUT2D eigenvalue weighted by molar-refractivity contribution is 6.31. The van der Waals surface area contributed by atoms with E-state index in [9.17, 15) is 4.79 Å². The molecule has 0 radical (unpaired) electrons. The SMILES string of the molecule is COc1ccc(/C=C(\C#N)C(N)=O)c(OCc2ccccc2Cl)c1. The Balaban J connectivity index is 2.35. The van der Waals surface area contributed by atoms with E-state index in [4.69, 9.17) is 32.1 Å². The average Bonchev–Trinajstić information content (AvgIpc) is 2.59. The van der Waals surface area contributed by atoms with Crippen molar-refractivity contribution in [1.82, 2.24) is 0 Å². The molecule has 2 aromatic carbocycles. The number of ether oxygens (including phenoxy) is 2. The fraction of sp³-hybridized carbons (Fsp3) is 0.111. The lowest BCUT2D eigenvalue weighted by atomic mass is 10.1. The highest BCUT2D eigenvalue weighted by Gasteiger charge is 2.10. The zero-order chi connectivity index (χ0) is 17.5. The van der Waals surface area contributed by atoms with Gasteiger partial charge in [0.05, 0.1) is 7.11 Å². The van der Waals surface area contributed by atoms with Crippen LogP contribution in [-0.4, -0.2) is 13.0 Å². The van der Waals surface area contributed by atoms with Gasteiger partial charge in [-0.05, 0) is 24.3 Å². The van der Waals surface area contributed by atoms with Crippen LogP contribution in [0.15, 0.2) is 48.0 Å². The summed E-state index contributed by atoms with van der Waals surface area (Å²) in [6.07, 6.45) is 1.38. The van der Waals surface area contributed by atoms with Crippen LogP contribution in [0.2, 0.25) is 5.02 Å². The van der Waals surface area contributed by atoms with E-state index in [1.807, 2.05) is 18.2 Å². The van der Waals surface area contributed by atoms with Gasteiger partial charge in [0.1, 0.15) is 29.7 Å². The average molecular weight is 343 g/mol. The van der Waals surface area contributed by atoms with Gasteiger partial charge in [0.25, 0.3) is 5.91 Å². The molecule has 0 heterocycles. The van der Waals surface area contributed by atoms with Gasteiger partial charge >= 0.3 is 0 Å². The van der Waals surface area contributed by atoms with Crippen LogP contribution in [0.1, 0.15) is 11.1 Å². The Bertz CT molecular complexity index is 825. The predicted molar refractivity (Wildman–Crippen MR) is 91.6 cm³/mol. The summed E-state index contributed by atoms with van der Waals surface area (Å²) in [6.45, 7) is 0.228. The molecule has 2 aromatic rings. The number of nitrogens with two attached hydrogens (primary N) is 1. The third-order valence-electron chi connectivity index (χ3n) is 3.25. The number of rotatable bonds is 6. The van der Waals surface area contributed by atoms with E-state index < -0.39 is 5.91 Å². The first kappa shape index (κ1) is 17.4. The number of carbonyl (C=O) groups is 1. The number of amides is 1. The van der Waals surface area contributed by atoms with Crippen molar-refractivity contribution >= 4 is 23.6 Å². The Morgan fingerprint density at radius 1 is 1.33 bits per heavy atom. The summed E-state index contributed by atoms with van der Waals surface area (Å²) in [7, 11) is 1.53. The summed E-state index contributed by atoms with van der Waals surface area (Å²) in [5, 5.41) is 9.58. The van der Waals surface area contributed by atoms with Gasteiger partial charge in [-0.1, -0.05) is 29.8 Å². The molecule has 6 heteroatoms. The number of primary amides is 1.